The van der Waals surface area contributed by atoms with E-state index < -0.39 is 28.5 Å². The third-order valence-electron chi connectivity index (χ3n) is 7.33. The van der Waals surface area contributed by atoms with E-state index in [9.17, 15) is 18.0 Å². The van der Waals surface area contributed by atoms with Crippen molar-refractivity contribution in [2.75, 3.05) is 17.4 Å². The number of hydrogen-bond donors (Lipinski definition) is 1. The second-order valence-electron chi connectivity index (χ2n) is 10.6. The number of carbonyl (C=O) groups excluding carboxylic acids is 2. The Bertz CT molecular complexity index is 1630. The van der Waals surface area contributed by atoms with Gasteiger partial charge in [0.1, 0.15) is 12.6 Å². The van der Waals surface area contributed by atoms with Crippen LogP contribution in [0.15, 0.2) is 114 Å². The third kappa shape index (κ3) is 8.49. The number of para-hydroxylation sites is 1. The Labute approximate surface area is 265 Å². The molecule has 9 heteroatoms. The number of carbonyl (C=O) groups is 2. The molecular formula is C35H38ClN3O4S. The summed E-state index contributed by atoms with van der Waals surface area (Å²) in [6, 6.07) is 30.7. The van der Waals surface area contributed by atoms with Gasteiger partial charge in [-0.3, -0.25) is 13.9 Å². The van der Waals surface area contributed by atoms with E-state index in [2.05, 4.69) is 5.32 Å². The lowest BCUT2D eigenvalue weighted by molar-refractivity contribution is -0.140. The van der Waals surface area contributed by atoms with Crippen molar-refractivity contribution in [1.29, 1.82) is 0 Å². The van der Waals surface area contributed by atoms with Gasteiger partial charge in [-0.1, -0.05) is 109 Å². The summed E-state index contributed by atoms with van der Waals surface area (Å²) in [6.07, 6.45) is 1.93. The Morgan fingerprint density at radius 3 is 2.09 bits per heavy atom. The molecule has 230 valence electrons. The number of nitrogens with one attached hydrogen (secondary N) is 1. The quantitative estimate of drug-likeness (QED) is 0.163. The van der Waals surface area contributed by atoms with Crippen molar-refractivity contribution in [2.45, 2.75) is 50.6 Å². The average Bonchev–Trinajstić information content (AvgIpc) is 3.03. The lowest BCUT2D eigenvalue weighted by Gasteiger charge is -2.34. The molecule has 0 saturated heterocycles. The van der Waals surface area contributed by atoms with Gasteiger partial charge in [0, 0.05) is 24.5 Å². The molecule has 0 saturated carbocycles. The maximum Gasteiger partial charge on any atom is 0.264 e. The first-order valence-corrected chi connectivity index (χ1v) is 16.5. The van der Waals surface area contributed by atoms with Gasteiger partial charge in [-0.05, 0) is 54.8 Å². The maximum absolute atomic E-state index is 14.4. The molecule has 4 aromatic carbocycles. The Hall–Kier alpha value is -4.14. The molecule has 44 heavy (non-hydrogen) atoms. The molecule has 1 unspecified atom stereocenters. The van der Waals surface area contributed by atoms with Crippen LogP contribution in [0.5, 0.6) is 0 Å². The molecule has 0 spiro atoms. The number of halogens is 1. The number of nitrogens with zero attached hydrogens (tertiary/aromatic N) is 2. The van der Waals surface area contributed by atoms with Crippen molar-refractivity contribution in [3.63, 3.8) is 0 Å². The summed E-state index contributed by atoms with van der Waals surface area (Å²) in [4.78, 5) is 29.7. The van der Waals surface area contributed by atoms with Crippen molar-refractivity contribution in [3.05, 3.63) is 131 Å². The van der Waals surface area contributed by atoms with Crippen molar-refractivity contribution in [2.24, 2.45) is 0 Å². The summed E-state index contributed by atoms with van der Waals surface area (Å²) < 4.78 is 29.2. The predicted octanol–water partition coefficient (Wildman–Crippen LogP) is 6.40. The molecule has 0 heterocycles. The van der Waals surface area contributed by atoms with Crippen molar-refractivity contribution < 1.29 is 18.0 Å². The minimum absolute atomic E-state index is 0.0183. The fourth-order valence-corrected chi connectivity index (χ4v) is 6.44. The second kappa shape index (κ2) is 15.5. The van der Waals surface area contributed by atoms with Crippen molar-refractivity contribution >= 4 is 39.1 Å². The van der Waals surface area contributed by atoms with Gasteiger partial charge < -0.3 is 10.2 Å². The molecular weight excluding hydrogens is 594 g/mol. The third-order valence-corrected chi connectivity index (χ3v) is 9.49. The number of unbranched alkanes of at least 4 members (excludes halogenated alkanes) is 1. The molecule has 2 amide bonds. The van der Waals surface area contributed by atoms with Gasteiger partial charge in [0.15, 0.2) is 0 Å². The van der Waals surface area contributed by atoms with Crippen LogP contribution < -0.4 is 9.62 Å². The molecule has 0 radical (unpaired) electrons. The van der Waals surface area contributed by atoms with Crippen molar-refractivity contribution in [1.82, 2.24) is 10.2 Å². The van der Waals surface area contributed by atoms with E-state index in [-0.39, 0.29) is 23.8 Å². The Balaban J connectivity index is 1.78. The van der Waals surface area contributed by atoms with Gasteiger partial charge in [-0.15, -0.1) is 0 Å². The highest BCUT2D eigenvalue weighted by atomic mass is 35.5. The highest BCUT2D eigenvalue weighted by Gasteiger charge is 2.34. The monoisotopic (exact) mass is 631 g/mol. The van der Waals surface area contributed by atoms with E-state index in [1.807, 2.05) is 50.2 Å². The van der Waals surface area contributed by atoms with E-state index >= 15 is 0 Å². The van der Waals surface area contributed by atoms with Crippen LogP contribution in [0.4, 0.5) is 5.69 Å². The van der Waals surface area contributed by atoms with E-state index in [0.717, 1.165) is 28.3 Å². The van der Waals surface area contributed by atoms with Crippen LogP contribution >= 0.6 is 11.6 Å². The summed E-state index contributed by atoms with van der Waals surface area (Å²) >= 11 is 6.54. The number of sulfonamides is 1. The number of amides is 2. The van der Waals surface area contributed by atoms with Gasteiger partial charge in [0.05, 0.1) is 10.6 Å². The first-order chi connectivity index (χ1) is 21.2. The standard InChI is InChI=1S/C35H38ClN3O4S/c1-3-4-23-37-35(41)33(24-28-13-7-5-8-14-28)38(25-29-15-11-12-18-32(29)36)34(40)26-39(30-16-9-6-10-17-30)44(42,43)31-21-19-27(2)20-22-31/h5-22,33H,3-4,23-26H2,1-2H3,(H,37,41). The van der Waals surface area contributed by atoms with Crippen LogP contribution in [-0.2, 0) is 32.6 Å². The van der Waals surface area contributed by atoms with Gasteiger partial charge >= 0.3 is 0 Å². The van der Waals surface area contributed by atoms with Crippen LogP contribution in [0.2, 0.25) is 5.02 Å². The van der Waals surface area contributed by atoms with E-state index in [1.165, 1.54) is 17.0 Å². The minimum Gasteiger partial charge on any atom is -0.354 e. The summed E-state index contributed by atoms with van der Waals surface area (Å²) in [5, 5.41) is 3.43. The molecule has 1 atom stereocenters. The lowest BCUT2D eigenvalue weighted by atomic mass is 10.0. The topological polar surface area (TPSA) is 86.8 Å². The van der Waals surface area contributed by atoms with Gasteiger partial charge in [0.25, 0.3) is 10.0 Å². The Morgan fingerprint density at radius 2 is 1.45 bits per heavy atom. The molecule has 0 aliphatic rings. The number of rotatable bonds is 14. The van der Waals surface area contributed by atoms with Gasteiger partial charge in [0.2, 0.25) is 11.8 Å². The SMILES string of the molecule is CCCCNC(=O)C(Cc1ccccc1)N(Cc1ccccc1Cl)C(=O)CN(c1ccccc1)S(=O)(=O)c1ccc(C)cc1. The molecule has 4 aromatic rings. The molecule has 0 aromatic heterocycles. The smallest absolute Gasteiger partial charge is 0.264 e. The molecule has 1 N–H and O–H groups in total. The minimum atomic E-state index is -4.14. The van der Waals surface area contributed by atoms with Crippen LogP contribution in [0, 0.1) is 6.92 Å². The van der Waals surface area contributed by atoms with Gasteiger partial charge in [-0.2, -0.15) is 0 Å². The molecule has 4 rings (SSSR count). The average molecular weight is 632 g/mol. The fourth-order valence-electron chi connectivity index (χ4n) is 4.83. The lowest BCUT2D eigenvalue weighted by Crippen LogP contribution is -2.53. The number of hydrogen-bond acceptors (Lipinski definition) is 4. The van der Waals surface area contributed by atoms with Crippen molar-refractivity contribution in [3.8, 4) is 0 Å². The molecule has 0 aliphatic carbocycles. The predicted molar refractivity (Wildman–Crippen MR) is 176 cm³/mol. The zero-order valence-electron chi connectivity index (χ0n) is 25.0. The first-order valence-electron chi connectivity index (χ1n) is 14.7. The number of aryl methyl sites for hydroxylation is 1. The Kier molecular flexibility index (Phi) is 11.6. The molecule has 0 aliphatic heterocycles. The largest absolute Gasteiger partial charge is 0.354 e. The second-order valence-corrected chi connectivity index (χ2v) is 12.9. The first kappa shape index (κ1) is 32.8. The van der Waals surface area contributed by atoms with Gasteiger partial charge in [-0.25, -0.2) is 8.42 Å². The van der Waals surface area contributed by atoms with E-state index in [4.69, 9.17) is 11.6 Å². The van der Waals surface area contributed by atoms with E-state index in [0.29, 0.717) is 22.8 Å². The van der Waals surface area contributed by atoms with Crippen LogP contribution in [0.25, 0.3) is 0 Å². The molecule has 7 nitrogen and oxygen atoms in total. The summed E-state index contributed by atoms with van der Waals surface area (Å²) in [6.45, 7) is 3.88. The Morgan fingerprint density at radius 1 is 0.841 bits per heavy atom. The number of benzene rings is 4. The molecule has 0 bridgehead atoms. The summed E-state index contributed by atoms with van der Waals surface area (Å²) in [5.74, 6) is -0.841. The molecule has 0 fully saturated rings. The van der Waals surface area contributed by atoms with E-state index in [1.54, 1.807) is 60.7 Å². The zero-order chi connectivity index (χ0) is 31.5. The summed E-state index contributed by atoms with van der Waals surface area (Å²) in [7, 11) is -4.14. The highest BCUT2D eigenvalue weighted by Crippen LogP contribution is 2.26. The fraction of sp³-hybridized carbons (Fsp3) is 0.257. The number of anilines is 1. The highest BCUT2D eigenvalue weighted by molar-refractivity contribution is 7.92. The van der Waals surface area contributed by atoms with Crippen LogP contribution in [0.3, 0.4) is 0 Å². The maximum atomic E-state index is 14.4. The summed E-state index contributed by atoms with van der Waals surface area (Å²) in [5.41, 5.74) is 2.77. The van der Waals surface area contributed by atoms with Crippen LogP contribution in [0.1, 0.15) is 36.5 Å². The zero-order valence-corrected chi connectivity index (χ0v) is 26.6. The van der Waals surface area contributed by atoms with Crippen LogP contribution in [-0.4, -0.2) is 44.3 Å². The normalized spacial score (nSPS) is 11.9.